The standard InChI is InChI=1S/C14H14F3N5S/c1-21-6-2-3-10-7-9(4-5-11(10)21)8-18-22-12(14(15,16)17)19-20-13(22)23/h4-5,7-8H,2-3,6H2,1H3,(H,20,23). The van der Waals surface area contributed by atoms with E-state index in [-0.39, 0.29) is 4.77 Å². The van der Waals surface area contributed by atoms with Crippen molar-refractivity contribution in [3.8, 4) is 0 Å². The highest BCUT2D eigenvalue weighted by Crippen LogP contribution is 2.28. The number of halogens is 3. The highest BCUT2D eigenvalue weighted by molar-refractivity contribution is 7.71. The third-order valence-electron chi connectivity index (χ3n) is 3.68. The minimum absolute atomic E-state index is 0.203. The quantitative estimate of drug-likeness (QED) is 0.674. The fourth-order valence-corrected chi connectivity index (χ4v) is 2.77. The van der Waals surface area contributed by atoms with Gasteiger partial charge in [0, 0.05) is 19.3 Å². The van der Waals surface area contributed by atoms with E-state index in [1.165, 1.54) is 6.21 Å². The summed E-state index contributed by atoms with van der Waals surface area (Å²) in [7, 11) is 2.02. The molecule has 0 bridgehead atoms. The van der Waals surface area contributed by atoms with Gasteiger partial charge in [-0.05, 0) is 48.3 Å². The summed E-state index contributed by atoms with van der Waals surface area (Å²) in [5.41, 5.74) is 3.02. The summed E-state index contributed by atoms with van der Waals surface area (Å²) in [4.78, 5) is 2.16. The molecule has 1 aromatic heterocycles. The number of anilines is 1. The van der Waals surface area contributed by atoms with E-state index in [0.717, 1.165) is 36.2 Å². The average Bonchev–Trinajstić information content (AvgIpc) is 2.86. The van der Waals surface area contributed by atoms with Gasteiger partial charge in [0.05, 0.1) is 6.21 Å². The number of rotatable bonds is 2. The molecule has 0 fully saturated rings. The topological polar surface area (TPSA) is 49.2 Å². The normalized spacial score (nSPS) is 15.2. The van der Waals surface area contributed by atoms with Crippen LogP contribution >= 0.6 is 12.2 Å². The summed E-state index contributed by atoms with van der Waals surface area (Å²) < 4.78 is 38.9. The van der Waals surface area contributed by atoms with Crippen LogP contribution in [0.1, 0.15) is 23.4 Å². The molecular formula is C14H14F3N5S. The second kappa shape index (κ2) is 5.80. The number of alkyl halides is 3. The van der Waals surface area contributed by atoms with E-state index in [1.807, 2.05) is 25.2 Å². The van der Waals surface area contributed by atoms with Gasteiger partial charge in [-0.2, -0.15) is 22.9 Å². The Hall–Kier alpha value is -2.16. The van der Waals surface area contributed by atoms with Gasteiger partial charge in [0.15, 0.2) is 0 Å². The summed E-state index contributed by atoms with van der Waals surface area (Å²) in [6.07, 6.45) is -1.27. The Bertz CT molecular complexity index is 805. The molecule has 5 nitrogen and oxygen atoms in total. The molecular weight excluding hydrogens is 327 g/mol. The zero-order valence-corrected chi connectivity index (χ0v) is 13.1. The van der Waals surface area contributed by atoms with Crippen LogP contribution in [0.4, 0.5) is 18.9 Å². The average molecular weight is 341 g/mol. The maximum atomic E-state index is 12.8. The highest BCUT2D eigenvalue weighted by Gasteiger charge is 2.37. The first kappa shape index (κ1) is 15.7. The first-order valence-corrected chi connectivity index (χ1v) is 7.40. The molecule has 122 valence electrons. The summed E-state index contributed by atoms with van der Waals surface area (Å²) in [5.74, 6) is -1.17. The molecule has 0 unspecified atom stereocenters. The number of nitrogens with one attached hydrogen (secondary N) is 1. The van der Waals surface area contributed by atoms with Crippen LogP contribution in [0.3, 0.4) is 0 Å². The Kier molecular flexibility index (Phi) is 3.97. The molecule has 0 radical (unpaired) electrons. The number of benzene rings is 1. The number of aromatic amines is 1. The van der Waals surface area contributed by atoms with Gasteiger partial charge in [-0.25, -0.2) is 5.10 Å². The van der Waals surface area contributed by atoms with Crippen molar-refractivity contribution in [2.45, 2.75) is 19.0 Å². The van der Waals surface area contributed by atoms with E-state index >= 15 is 0 Å². The van der Waals surface area contributed by atoms with Crippen LogP contribution in [0.25, 0.3) is 0 Å². The molecule has 0 saturated heterocycles. The lowest BCUT2D eigenvalue weighted by Crippen LogP contribution is -2.24. The van der Waals surface area contributed by atoms with Gasteiger partial charge in [0.1, 0.15) is 0 Å². The molecule has 3 rings (SSSR count). The molecule has 2 heterocycles. The van der Waals surface area contributed by atoms with Crippen LogP contribution in [-0.2, 0) is 12.6 Å². The lowest BCUT2D eigenvalue weighted by Gasteiger charge is -2.27. The third-order valence-corrected chi connectivity index (χ3v) is 3.94. The molecule has 0 amide bonds. The van der Waals surface area contributed by atoms with Crippen molar-refractivity contribution in [3.05, 3.63) is 39.9 Å². The number of fused-ring (bicyclic) bond motifs is 1. The van der Waals surface area contributed by atoms with Crippen molar-refractivity contribution in [2.24, 2.45) is 5.10 Å². The molecule has 1 aromatic carbocycles. The molecule has 23 heavy (non-hydrogen) atoms. The van der Waals surface area contributed by atoms with Gasteiger partial charge in [-0.15, -0.1) is 5.10 Å². The van der Waals surface area contributed by atoms with Gasteiger partial charge in [0.25, 0.3) is 5.82 Å². The fourth-order valence-electron chi connectivity index (χ4n) is 2.59. The van der Waals surface area contributed by atoms with E-state index in [2.05, 4.69) is 20.2 Å². The lowest BCUT2D eigenvalue weighted by molar-refractivity contribution is -0.147. The third kappa shape index (κ3) is 3.14. The highest BCUT2D eigenvalue weighted by atomic mass is 32.1. The number of aromatic nitrogens is 3. The van der Waals surface area contributed by atoms with Crippen molar-refractivity contribution in [3.63, 3.8) is 0 Å². The fraction of sp³-hybridized carbons (Fsp3) is 0.357. The van der Waals surface area contributed by atoms with Gasteiger partial charge in [0.2, 0.25) is 4.77 Å². The molecule has 0 aliphatic carbocycles. The zero-order valence-electron chi connectivity index (χ0n) is 12.3. The van der Waals surface area contributed by atoms with Crippen LogP contribution in [0.15, 0.2) is 23.3 Å². The van der Waals surface area contributed by atoms with Crippen LogP contribution in [-0.4, -0.2) is 34.7 Å². The summed E-state index contributed by atoms with van der Waals surface area (Å²) in [6.45, 7) is 1.000. The predicted octanol–water partition coefficient (Wildman–Crippen LogP) is 3.22. The molecule has 1 aliphatic heterocycles. The van der Waals surface area contributed by atoms with E-state index in [0.29, 0.717) is 4.68 Å². The predicted molar refractivity (Wildman–Crippen MR) is 83.4 cm³/mol. The Morgan fingerprint density at radius 1 is 1.39 bits per heavy atom. The molecule has 0 atom stereocenters. The summed E-state index contributed by atoms with van der Waals surface area (Å²) >= 11 is 4.79. The van der Waals surface area contributed by atoms with Crippen molar-refractivity contribution < 1.29 is 13.2 Å². The van der Waals surface area contributed by atoms with Gasteiger partial charge < -0.3 is 4.90 Å². The van der Waals surface area contributed by atoms with Crippen molar-refractivity contribution >= 4 is 24.1 Å². The maximum absolute atomic E-state index is 12.8. The van der Waals surface area contributed by atoms with Gasteiger partial charge in [-0.1, -0.05) is 6.07 Å². The van der Waals surface area contributed by atoms with Crippen LogP contribution in [0.2, 0.25) is 0 Å². The Morgan fingerprint density at radius 2 is 2.17 bits per heavy atom. The summed E-state index contributed by atoms with van der Waals surface area (Å²) in [5, 5.41) is 9.12. The van der Waals surface area contributed by atoms with E-state index < -0.39 is 12.0 Å². The van der Waals surface area contributed by atoms with Crippen molar-refractivity contribution in [1.29, 1.82) is 0 Å². The number of hydrogen-bond acceptors (Lipinski definition) is 4. The lowest BCUT2D eigenvalue weighted by atomic mass is 10.00. The minimum atomic E-state index is -4.62. The minimum Gasteiger partial charge on any atom is -0.374 e. The zero-order chi connectivity index (χ0) is 16.6. The monoisotopic (exact) mass is 341 g/mol. The van der Waals surface area contributed by atoms with Gasteiger partial charge >= 0.3 is 6.18 Å². The van der Waals surface area contributed by atoms with Crippen LogP contribution in [0, 0.1) is 4.77 Å². The first-order chi connectivity index (χ1) is 10.9. The molecule has 9 heteroatoms. The van der Waals surface area contributed by atoms with Crippen molar-refractivity contribution in [2.75, 3.05) is 18.5 Å². The molecule has 0 saturated carbocycles. The molecule has 1 N–H and O–H groups in total. The van der Waals surface area contributed by atoms with Crippen LogP contribution < -0.4 is 4.90 Å². The first-order valence-electron chi connectivity index (χ1n) is 6.99. The number of H-pyrrole nitrogens is 1. The summed E-state index contributed by atoms with van der Waals surface area (Å²) in [6, 6.07) is 5.71. The van der Waals surface area contributed by atoms with E-state index in [1.54, 1.807) is 0 Å². The maximum Gasteiger partial charge on any atom is 0.453 e. The smallest absolute Gasteiger partial charge is 0.374 e. The van der Waals surface area contributed by atoms with Crippen LogP contribution in [0.5, 0.6) is 0 Å². The van der Waals surface area contributed by atoms with E-state index in [9.17, 15) is 13.2 Å². The largest absolute Gasteiger partial charge is 0.453 e. The Balaban J connectivity index is 1.93. The van der Waals surface area contributed by atoms with Gasteiger partial charge in [-0.3, -0.25) is 0 Å². The second-order valence-corrected chi connectivity index (χ2v) is 5.71. The number of aryl methyl sites for hydroxylation is 1. The van der Waals surface area contributed by atoms with E-state index in [4.69, 9.17) is 12.2 Å². The SMILES string of the molecule is CN1CCCc2cc(C=Nn3c(C(F)(F)F)n[nH]c3=S)ccc21. The Labute approximate surface area is 135 Å². The van der Waals surface area contributed by atoms with Crippen molar-refractivity contribution in [1.82, 2.24) is 14.9 Å². The number of nitrogens with zero attached hydrogens (tertiary/aromatic N) is 4. The Morgan fingerprint density at radius 3 is 2.91 bits per heavy atom. The molecule has 1 aliphatic rings. The second-order valence-electron chi connectivity index (χ2n) is 5.32. The molecule has 2 aromatic rings. The molecule has 0 spiro atoms. The number of hydrogen-bond donors (Lipinski definition) is 1.